The number of nitro benzene ring substituents is 1. The first-order chi connectivity index (χ1) is 7.45. The summed E-state index contributed by atoms with van der Waals surface area (Å²) in [5.41, 5.74) is -0.284. The highest BCUT2D eigenvalue weighted by molar-refractivity contribution is 6.58. The Morgan fingerprint density at radius 1 is 1.44 bits per heavy atom. The minimum absolute atomic E-state index is 0.0639. The van der Waals surface area contributed by atoms with Crippen LogP contribution in [0.2, 0.25) is 0 Å². The van der Waals surface area contributed by atoms with E-state index >= 15 is 0 Å². The fourth-order valence-electron chi connectivity index (χ4n) is 1.25. The van der Waals surface area contributed by atoms with Crippen molar-refractivity contribution in [2.24, 2.45) is 0 Å². The minimum Gasteiger partial charge on any atom is -0.423 e. The SMILES string of the molecule is CCC(=O)c1cc(B(O)O)cc([N+](=O)[O-])c1. The predicted octanol–water partition coefficient (Wildman–Crippen LogP) is -0.133. The van der Waals surface area contributed by atoms with Crippen LogP contribution < -0.4 is 5.46 Å². The Bertz CT molecular complexity index is 432. The molecule has 0 saturated heterocycles. The lowest BCUT2D eigenvalue weighted by molar-refractivity contribution is -0.384. The molecule has 0 fully saturated rings. The van der Waals surface area contributed by atoms with E-state index in [1.807, 2.05) is 0 Å². The molecular weight excluding hydrogens is 213 g/mol. The van der Waals surface area contributed by atoms with Crippen LogP contribution in [0.25, 0.3) is 0 Å². The molecule has 0 aromatic heterocycles. The van der Waals surface area contributed by atoms with E-state index in [2.05, 4.69) is 0 Å². The number of carbonyl (C=O) groups is 1. The molecule has 0 unspecified atom stereocenters. The van der Waals surface area contributed by atoms with Crippen LogP contribution in [0.15, 0.2) is 18.2 Å². The number of nitrogens with zero attached hydrogens (tertiary/aromatic N) is 1. The van der Waals surface area contributed by atoms with E-state index in [1.54, 1.807) is 6.92 Å². The zero-order valence-corrected chi connectivity index (χ0v) is 8.58. The van der Waals surface area contributed by atoms with E-state index in [1.165, 1.54) is 6.07 Å². The Balaban J connectivity index is 3.29. The maximum Gasteiger partial charge on any atom is 0.488 e. The van der Waals surface area contributed by atoms with Crippen LogP contribution >= 0.6 is 0 Å². The van der Waals surface area contributed by atoms with Gasteiger partial charge in [0, 0.05) is 24.1 Å². The summed E-state index contributed by atoms with van der Waals surface area (Å²) in [6.07, 6.45) is 0.197. The van der Waals surface area contributed by atoms with E-state index in [0.717, 1.165) is 12.1 Å². The average molecular weight is 223 g/mol. The second-order valence-corrected chi connectivity index (χ2v) is 3.22. The van der Waals surface area contributed by atoms with Crippen LogP contribution in [0.4, 0.5) is 5.69 Å². The van der Waals surface area contributed by atoms with E-state index in [0.29, 0.717) is 0 Å². The van der Waals surface area contributed by atoms with E-state index in [4.69, 9.17) is 10.0 Å². The molecule has 16 heavy (non-hydrogen) atoms. The van der Waals surface area contributed by atoms with Gasteiger partial charge in [-0.3, -0.25) is 14.9 Å². The maximum absolute atomic E-state index is 11.4. The number of hydrogen-bond donors (Lipinski definition) is 2. The van der Waals surface area contributed by atoms with Gasteiger partial charge in [0.2, 0.25) is 0 Å². The largest absolute Gasteiger partial charge is 0.488 e. The average Bonchev–Trinajstić information content (AvgIpc) is 2.27. The molecule has 84 valence electrons. The highest BCUT2D eigenvalue weighted by Gasteiger charge is 2.19. The summed E-state index contributed by atoms with van der Waals surface area (Å²) in [6.45, 7) is 1.62. The fourth-order valence-corrected chi connectivity index (χ4v) is 1.25. The Morgan fingerprint density at radius 2 is 2.06 bits per heavy atom. The normalized spacial score (nSPS) is 9.94. The summed E-state index contributed by atoms with van der Waals surface area (Å²) in [6, 6.07) is 3.39. The van der Waals surface area contributed by atoms with Crippen molar-refractivity contribution >= 4 is 24.1 Å². The van der Waals surface area contributed by atoms with Gasteiger partial charge < -0.3 is 10.0 Å². The first kappa shape index (κ1) is 12.3. The Morgan fingerprint density at radius 3 is 2.50 bits per heavy atom. The molecule has 0 bridgehead atoms. The van der Waals surface area contributed by atoms with Crippen molar-refractivity contribution in [2.45, 2.75) is 13.3 Å². The molecule has 0 aliphatic heterocycles. The van der Waals surface area contributed by atoms with Crippen molar-refractivity contribution in [3.63, 3.8) is 0 Å². The van der Waals surface area contributed by atoms with E-state index in [9.17, 15) is 14.9 Å². The molecular formula is C9H10BNO5. The number of nitro groups is 1. The second kappa shape index (κ2) is 4.87. The summed E-state index contributed by atoms with van der Waals surface area (Å²) >= 11 is 0. The number of carbonyl (C=O) groups excluding carboxylic acids is 1. The molecule has 0 saturated carbocycles. The van der Waals surface area contributed by atoms with Gasteiger partial charge in [0.25, 0.3) is 5.69 Å². The minimum atomic E-state index is -1.83. The fraction of sp³-hybridized carbons (Fsp3) is 0.222. The molecule has 0 aliphatic carbocycles. The highest BCUT2D eigenvalue weighted by Crippen LogP contribution is 2.13. The van der Waals surface area contributed by atoms with E-state index < -0.39 is 12.0 Å². The molecule has 0 radical (unpaired) electrons. The second-order valence-electron chi connectivity index (χ2n) is 3.22. The molecule has 2 N–H and O–H groups in total. The van der Waals surface area contributed by atoms with Crippen LogP contribution in [0.5, 0.6) is 0 Å². The lowest BCUT2D eigenvalue weighted by Gasteiger charge is -2.03. The summed E-state index contributed by atoms with van der Waals surface area (Å²) in [4.78, 5) is 21.3. The Hall–Kier alpha value is -1.73. The number of non-ortho nitro benzene ring substituents is 1. The van der Waals surface area contributed by atoms with Gasteiger partial charge in [0.1, 0.15) is 0 Å². The van der Waals surface area contributed by atoms with Crippen molar-refractivity contribution in [1.29, 1.82) is 0 Å². The van der Waals surface area contributed by atoms with E-state index in [-0.39, 0.29) is 28.9 Å². The van der Waals surface area contributed by atoms with Gasteiger partial charge in [-0.25, -0.2) is 0 Å². The summed E-state index contributed by atoms with van der Waals surface area (Å²) < 4.78 is 0. The predicted molar refractivity (Wildman–Crippen MR) is 57.5 cm³/mol. The van der Waals surface area contributed by atoms with Gasteiger partial charge >= 0.3 is 7.12 Å². The third-order valence-corrected chi connectivity index (χ3v) is 2.09. The van der Waals surface area contributed by atoms with Crippen LogP contribution in [-0.2, 0) is 0 Å². The monoisotopic (exact) mass is 223 g/mol. The molecule has 1 aromatic carbocycles. The van der Waals surface area contributed by atoms with Crippen molar-refractivity contribution in [1.82, 2.24) is 0 Å². The molecule has 6 nitrogen and oxygen atoms in total. The lowest BCUT2D eigenvalue weighted by Crippen LogP contribution is -2.30. The molecule has 0 amide bonds. The number of rotatable bonds is 4. The van der Waals surface area contributed by atoms with Crippen LogP contribution in [-0.4, -0.2) is 27.9 Å². The molecule has 0 spiro atoms. The van der Waals surface area contributed by atoms with Gasteiger partial charge in [0.15, 0.2) is 5.78 Å². The van der Waals surface area contributed by atoms with Gasteiger partial charge in [-0.05, 0) is 5.46 Å². The van der Waals surface area contributed by atoms with Crippen molar-refractivity contribution < 1.29 is 19.8 Å². The van der Waals surface area contributed by atoms with Crippen LogP contribution in [0, 0.1) is 10.1 Å². The van der Waals surface area contributed by atoms with Gasteiger partial charge in [-0.1, -0.05) is 13.0 Å². The zero-order valence-electron chi connectivity index (χ0n) is 8.58. The summed E-state index contributed by atoms with van der Waals surface area (Å²) in [5, 5.41) is 28.4. The van der Waals surface area contributed by atoms with Crippen LogP contribution in [0.1, 0.15) is 23.7 Å². The highest BCUT2D eigenvalue weighted by atomic mass is 16.6. The van der Waals surface area contributed by atoms with Crippen molar-refractivity contribution in [2.75, 3.05) is 0 Å². The number of hydrogen-bond acceptors (Lipinski definition) is 5. The first-order valence-corrected chi connectivity index (χ1v) is 4.64. The topological polar surface area (TPSA) is 101 Å². The van der Waals surface area contributed by atoms with Gasteiger partial charge in [-0.15, -0.1) is 0 Å². The Kier molecular flexibility index (Phi) is 3.75. The summed E-state index contributed by atoms with van der Waals surface area (Å²) in [5.74, 6) is -0.286. The third-order valence-electron chi connectivity index (χ3n) is 2.09. The quantitative estimate of drug-likeness (QED) is 0.320. The molecule has 7 heteroatoms. The third kappa shape index (κ3) is 2.65. The first-order valence-electron chi connectivity index (χ1n) is 4.64. The molecule has 0 aliphatic rings. The molecule has 1 aromatic rings. The lowest BCUT2D eigenvalue weighted by atomic mass is 9.79. The van der Waals surface area contributed by atoms with Gasteiger partial charge in [0.05, 0.1) is 4.92 Å². The molecule has 0 atom stereocenters. The number of benzene rings is 1. The Labute approximate surface area is 91.8 Å². The zero-order chi connectivity index (χ0) is 12.3. The maximum atomic E-state index is 11.4. The van der Waals surface area contributed by atoms with Crippen molar-refractivity contribution in [3.8, 4) is 0 Å². The van der Waals surface area contributed by atoms with Gasteiger partial charge in [-0.2, -0.15) is 0 Å². The smallest absolute Gasteiger partial charge is 0.423 e. The van der Waals surface area contributed by atoms with Crippen LogP contribution in [0.3, 0.4) is 0 Å². The molecule has 0 heterocycles. The molecule has 1 rings (SSSR count). The standard InChI is InChI=1S/C9H10BNO5/c1-2-9(12)6-3-7(10(13)14)5-8(4-6)11(15)16/h3-5,13-14H,2H2,1H3. The summed E-state index contributed by atoms with van der Waals surface area (Å²) in [7, 11) is -1.83. The number of ketones is 1. The van der Waals surface area contributed by atoms with Crippen molar-refractivity contribution in [3.05, 3.63) is 33.9 Å². The number of Topliss-reactive ketones (excluding diaryl/α,β-unsaturated/α-hetero) is 1.